The van der Waals surface area contributed by atoms with Crippen molar-refractivity contribution >= 4 is 23.2 Å². The number of hydrogen-bond donors (Lipinski definition) is 2. The van der Waals surface area contributed by atoms with Gasteiger partial charge in [-0.15, -0.1) is 11.3 Å². The minimum Gasteiger partial charge on any atom is -0.494 e. The molecule has 0 unspecified atom stereocenters. The van der Waals surface area contributed by atoms with Gasteiger partial charge in [0.25, 0.3) is 5.91 Å². The molecule has 1 amide bonds. The molecule has 0 aliphatic rings. The van der Waals surface area contributed by atoms with Crippen LogP contribution in [0, 0.1) is 5.92 Å². The van der Waals surface area contributed by atoms with Crippen molar-refractivity contribution in [1.29, 1.82) is 0 Å². The Hall–Kier alpha value is -2.41. The number of carbonyl (C=O) groups excluding carboxylic acids is 1. The molecule has 1 heterocycles. The van der Waals surface area contributed by atoms with Crippen molar-refractivity contribution in [2.45, 2.75) is 13.3 Å². The molecule has 6 nitrogen and oxygen atoms in total. The number of benzene rings is 1. The first-order valence-electron chi connectivity index (χ1n) is 7.21. The van der Waals surface area contributed by atoms with Gasteiger partial charge in [-0.05, 0) is 31.0 Å². The molecule has 0 aliphatic heterocycles. The van der Waals surface area contributed by atoms with Gasteiger partial charge in [0.05, 0.1) is 18.0 Å². The molecule has 2 aromatic rings. The van der Waals surface area contributed by atoms with Crippen molar-refractivity contribution in [2.75, 3.05) is 13.2 Å². The van der Waals surface area contributed by atoms with Crippen LogP contribution in [0.1, 0.15) is 23.0 Å². The van der Waals surface area contributed by atoms with Gasteiger partial charge >= 0.3 is 5.97 Å². The number of carboxylic acids is 1. The van der Waals surface area contributed by atoms with E-state index in [0.29, 0.717) is 18.7 Å². The number of thiazole rings is 1. The number of aliphatic carboxylic acids is 1. The zero-order valence-corrected chi connectivity index (χ0v) is 13.5. The maximum atomic E-state index is 11.8. The molecule has 2 N–H and O–H groups in total. The van der Waals surface area contributed by atoms with Crippen LogP contribution in [0.4, 0.5) is 0 Å². The van der Waals surface area contributed by atoms with Crippen molar-refractivity contribution in [3.63, 3.8) is 0 Å². The molecule has 0 radical (unpaired) electrons. The minimum absolute atomic E-state index is 0.0545. The lowest BCUT2D eigenvalue weighted by molar-refractivity contribution is -0.141. The maximum absolute atomic E-state index is 11.8. The number of rotatable bonds is 8. The van der Waals surface area contributed by atoms with Crippen LogP contribution in [0.3, 0.4) is 0 Å². The summed E-state index contributed by atoms with van der Waals surface area (Å²) in [6.07, 6.45) is 0.332. The van der Waals surface area contributed by atoms with E-state index < -0.39 is 11.9 Å². The average Bonchev–Trinajstić information content (AvgIpc) is 3.07. The number of carboxylic acid groups (broad SMARTS) is 1. The summed E-state index contributed by atoms with van der Waals surface area (Å²) in [7, 11) is 0. The highest BCUT2D eigenvalue weighted by Crippen LogP contribution is 2.15. The van der Waals surface area contributed by atoms with Gasteiger partial charge in [0.15, 0.2) is 0 Å². The minimum atomic E-state index is -0.947. The zero-order chi connectivity index (χ0) is 16.7. The molecule has 0 spiro atoms. The van der Waals surface area contributed by atoms with Crippen LogP contribution in [0.15, 0.2) is 35.2 Å². The van der Waals surface area contributed by atoms with Gasteiger partial charge in [-0.2, -0.15) is 0 Å². The lowest BCUT2D eigenvalue weighted by Gasteiger charge is -2.13. The van der Waals surface area contributed by atoms with Crippen LogP contribution in [0.25, 0.3) is 0 Å². The Morgan fingerprint density at radius 2 is 2.09 bits per heavy atom. The van der Waals surface area contributed by atoms with Crippen molar-refractivity contribution in [3.05, 3.63) is 46.4 Å². The Kier molecular flexibility index (Phi) is 6.10. The number of amides is 1. The molecular formula is C16H18N2O4S. The Balaban J connectivity index is 1.93. The highest BCUT2D eigenvalue weighted by Gasteiger charge is 2.20. The summed E-state index contributed by atoms with van der Waals surface area (Å²) < 4.78 is 5.35. The summed E-state index contributed by atoms with van der Waals surface area (Å²) >= 11 is 1.32. The van der Waals surface area contributed by atoms with E-state index in [-0.39, 0.29) is 12.5 Å². The van der Waals surface area contributed by atoms with E-state index in [9.17, 15) is 14.7 Å². The second-order valence-electron chi connectivity index (χ2n) is 4.90. The van der Waals surface area contributed by atoms with E-state index in [4.69, 9.17) is 4.74 Å². The number of aromatic nitrogens is 1. The van der Waals surface area contributed by atoms with E-state index in [1.807, 2.05) is 31.2 Å². The number of nitrogens with one attached hydrogen (secondary N) is 1. The zero-order valence-electron chi connectivity index (χ0n) is 12.7. The normalized spacial score (nSPS) is 11.7. The Morgan fingerprint density at radius 1 is 1.35 bits per heavy atom. The van der Waals surface area contributed by atoms with E-state index in [1.54, 1.807) is 10.9 Å². The van der Waals surface area contributed by atoms with Gasteiger partial charge in [-0.3, -0.25) is 9.59 Å². The van der Waals surface area contributed by atoms with E-state index in [1.165, 1.54) is 11.3 Å². The average molecular weight is 334 g/mol. The summed E-state index contributed by atoms with van der Waals surface area (Å²) in [5, 5.41) is 13.6. The first-order chi connectivity index (χ1) is 11.1. The quantitative estimate of drug-likeness (QED) is 0.773. The fourth-order valence-electron chi connectivity index (χ4n) is 2.05. The number of hydrogen-bond acceptors (Lipinski definition) is 5. The molecule has 0 aliphatic carbocycles. The van der Waals surface area contributed by atoms with Crippen molar-refractivity contribution in [3.8, 4) is 5.75 Å². The van der Waals surface area contributed by atoms with Gasteiger partial charge in [-0.25, -0.2) is 4.98 Å². The fraction of sp³-hybridized carbons (Fsp3) is 0.312. The highest BCUT2D eigenvalue weighted by atomic mass is 32.1. The monoisotopic (exact) mass is 334 g/mol. The molecule has 1 aromatic heterocycles. The molecule has 1 atom stereocenters. The van der Waals surface area contributed by atoms with Gasteiger partial charge in [0.2, 0.25) is 0 Å². The second-order valence-corrected chi connectivity index (χ2v) is 5.62. The first-order valence-corrected chi connectivity index (χ1v) is 8.15. The smallest absolute Gasteiger partial charge is 0.308 e. The lowest BCUT2D eigenvalue weighted by atomic mass is 9.99. The molecule has 1 aromatic carbocycles. The summed E-state index contributed by atoms with van der Waals surface area (Å²) in [5.74, 6) is -1.25. The topological polar surface area (TPSA) is 88.5 Å². The molecule has 0 saturated carbocycles. The van der Waals surface area contributed by atoms with Gasteiger partial charge in [-0.1, -0.05) is 12.1 Å². The molecule has 23 heavy (non-hydrogen) atoms. The Bertz CT molecular complexity index is 641. The van der Waals surface area contributed by atoms with Crippen LogP contribution >= 0.6 is 11.3 Å². The number of ether oxygens (including phenoxy) is 1. The highest BCUT2D eigenvalue weighted by molar-refractivity contribution is 7.07. The maximum Gasteiger partial charge on any atom is 0.308 e. The van der Waals surface area contributed by atoms with Crippen LogP contribution in [-0.2, 0) is 11.2 Å². The van der Waals surface area contributed by atoms with E-state index >= 15 is 0 Å². The van der Waals surface area contributed by atoms with Crippen LogP contribution < -0.4 is 10.1 Å². The largest absolute Gasteiger partial charge is 0.494 e. The molecule has 0 bridgehead atoms. The van der Waals surface area contributed by atoms with Crippen molar-refractivity contribution < 1.29 is 19.4 Å². The summed E-state index contributed by atoms with van der Waals surface area (Å²) in [5.41, 5.74) is 2.74. The van der Waals surface area contributed by atoms with Crippen LogP contribution in [0.5, 0.6) is 5.75 Å². The van der Waals surface area contributed by atoms with Crippen LogP contribution in [-0.4, -0.2) is 35.1 Å². The van der Waals surface area contributed by atoms with Crippen LogP contribution in [0.2, 0.25) is 0 Å². The van der Waals surface area contributed by atoms with E-state index in [2.05, 4.69) is 10.3 Å². The second kappa shape index (κ2) is 8.28. The summed E-state index contributed by atoms with van der Waals surface area (Å²) in [6, 6.07) is 7.30. The molecule has 0 saturated heterocycles. The molecule has 0 fully saturated rings. The predicted octanol–water partition coefficient (Wildman–Crippen LogP) is 2.22. The van der Waals surface area contributed by atoms with Gasteiger partial charge in [0, 0.05) is 11.9 Å². The molecular weight excluding hydrogens is 316 g/mol. The number of carbonyl (C=O) groups is 2. The first kappa shape index (κ1) is 17.0. The van der Waals surface area contributed by atoms with Gasteiger partial charge in [0.1, 0.15) is 11.4 Å². The third-order valence-electron chi connectivity index (χ3n) is 3.24. The fourth-order valence-corrected chi connectivity index (χ4v) is 2.58. The third-order valence-corrected chi connectivity index (χ3v) is 3.83. The molecule has 7 heteroatoms. The van der Waals surface area contributed by atoms with Gasteiger partial charge < -0.3 is 15.2 Å². The number of nitrogens with zero attached hydrogens (tertiary/aromatic N) is 1. The third kappa shape index (κ3) is 5.07. The SMILES string of the molecule is CCOc1ccc(C[C@@H](CNC(=O)c2cscn2)C(=O)O)cc1. The summed E-state index contributed by atoms with van der Waals surface area (Å²) in [6.45, 7) is 2.54. The molecule has 122 valence electrons. The Labute approximate surface area is 138 Å². The van der Waals surface area contributed by atoms with Crippen molar-refractivity contribution in [2.24, 2.45) is 5.92 Å². The van der Waals surface area contributed by atoms with E-state index in [0.717, 1.165) is 11.3 Å². The Morgan fingerprint density at radius 3 is 2.65 bits per heavy atom. The van der Waals surface area contributed by atoms with Crippen molar-refractivity contribution in [1.82, 2.24) is 10.3 Å². The molecule has 2 rings (SSSR count). The lowest BCUT2D eigenvalue weighted by Crippen LogP contribution is -2.34. The summed E-state index contributed by atoms with van der Waals surface area (Å²) in [4.78, 5) is 27.1. The standard InChI is InChI=1S/C16H18N2O4S/c1-2-22-13-5-3-11(4-6-13)7-12(16(20)21)8-17-15(19)14-9-23-10-18-14/h3-6,9-10,12H,2,7-8H2,1H3,(H,17,19)(H,20,21)/t12-/m0/s1. The predicted molar refractivity (Wildman–Crippen MR) is 86.9 cm³/mol.